The Labute approximate surface area is 240 Å². The molecule has 0 aliphatic heterocycles. The molecule has 0 saturated carbocycles. The second-order valence-electron chi connectivity index (χ2n) is 9.57. The van der Waals surface area contributed by atoms with Crippen molar-refractivity contribution >= 4 is 51.3 Å². The van der Waals surface area contributed by atoms with Crippen LogP contribution in [0.1, 0.15) is 35.3 Å². The third kappa shape index (κ3) is 6.34. The van der Waals surface area contributed by atoms with Crippen molar-refractivity contribution in [2.75, 3.05) is 18.0 Å². The van der Waals surface area contributed by atoms with E-state index in [-0.39, 0.29) is 11.6 Å². The summed E-state index contributed by atoms with van der Waals surface area (Å²) in [6.07, 6.45) is 3.32. The summed E-state index contributed by atoms with van der Waals surface area (Å²) in [7, 11) is 0. The number of hydrazone groups is 1. The Morgan fingerprint density at radius 2 is 1.34 bits per heavy atom. The number of anilines is 1. The second-order valence-corrected chi connectivity index (χ2v) is 9.57. The first-order valence-corrected chi connectivity index (χ1v) is 13.7. The number of nitrogens with one attached hydrogen (secondary N) is 2. The van der Waals surface area contributed by atoms with E-state index < -0.39 is 5.91 Å². The number of hydrogen-bond donors (Lipinski definition) is 2. The molecule has 5 aromatic carbocycles. The van der Waals surface area contributed by atoms with Crippen molar-refractivity contribution in [3.8, 4) is 0 Å². The van der Waals surface area contributed by atoms with Crippen LogP contribution >= 0.6 is 0 Å². The Morgan fingerprint density at radius 1 is 0.756 bits per heavy atom. The molecule has 0 aliphatic carbocycles. The van der Waals surface area contributed by atoms with Gasteiger partial charge in [-0.25, -0.2) is 5.43 Å². The van der Waals surface area contributed by atoms with E-state index in [0.29, 0.717) is 5.56 Å². The average Bonchev–Trinajstić information content (AvgIpc) is 3.02. The maximum Gasteiger partial charge on any atom is 0.287 e. The molecule has 6 heteroatoms. The van der Waals surface area contributed by atoms with Crippen molar-refractivity contribution in [1.29, 1.82) is 0 Å². The van der Waals surface area contributed by atoms with Gasteiger partial charge in [-0.2, -0.15) is 5.10 Å². The molecule has 0 fully saturated rings. The summed E-state index contributed by atoms with van der Waals surface area (Å²) < 4.78 is 0. The molecule has 41 heavy (non-hydrogen) atoms. The first-order valence-electron chi connectivity index (χ1n) is 13.7. The molecule has 0 unspecified atom stereocenters. The Morgan fingerprint density at radius 3 is 1.95 bits per heavy atom. The molecular weight excluding hydrogens is 508 g/mol. The maximum absolute atomic E-state index is 13.4. The van der Waals surface area contributed by atoms with Gasteiger partial charge >= 0.3 is 0 Å². The molecule has 0 heterocycles. The Balaban J connectivity index is 1.44. The van der Waals surface area contributed by atoms with Crippen LogP contribution in [0.5, 0.6) is 0 Å². The van der Waals surface area contributed by atoms with E-state index in [4.69, 9.17) is 0 Å². The summed E-state index contributed by atoms with van der Waals surface area (Å²) in [5, 5.41) is 11.3. The minimum Gasteiger partial charge on any atom is -0.372 e. The summed E-state index contributed by atoms with van der Waals surface area (Å²) in [5.41, 5.74) is 5.95. The standard InChI is InChI=1S/C35H32N4O2/c1-3-39(4-2)29-20-18-25(19-21-29)22-33(37-34(40)26-12-6-5-7-13-26)35(41)38-36-24-32-30-16-10-8-14-27(30)23-28-15-9-11-17-31(28)32/h5-24H,3-4H2,1-2H3,(H,37,40)(H,38,41). The van der Waals surface area contributed by atoms with E-state index in [1.165, 1.54) is 0 Å². The first-order chi connectivity index (χ1) is 20.1. The van der Waals surface area contributed by atoms with Gasteiger partial charge in [0.25, 0.3) is 11.8 Å². The molecule has 0 spiro atoms. The molecular formula is C35H32N4O2. The normalized spacial score (nSPS) is 11.6. The number of rotatable bonds is 9. The van der Waals surface area contributed by atoms with Crippen LogP contribution in [0.15, 0.2) is 120 Å². The smallest absolute Gasteiger partial charge is 0.287 e. The van der Waals surface area contributed by atoms with E-state index in [0.717, 1.165) is 51.4 Å². The van der Waals surface area contributed by atoms with Gasteiger partial charge in [-0.05, 0) is 77.4 Å². The predicted octanol–water partition coefficient (Wildman–Crippen LogP) is 6.76. The van der Waals surface area contributed by atoms with Crippen LogP contribution in [0.4, 0.5) is 5.69 Å². The van der Waals surface area contributed by atoms with Crippen LogP contribution in [-0.4, -0.2) is 31.1 Å². The van der Waals surface area contributed by atoms with Crippen molar-refractivity contribution < 1.29 is 9.59 Å². The fourth-order valence-electron chi connectivity index (χ4n) is 4.88. The fraction of sp³-hybridized carbons (Fsp3) is 0.114. The summed E-state index contributed by atoms with van der Waals surface area (Å²) >= 11 is 0. The van der Waals surface area contributed by atoms with E-state index in [2.05, 4.69) is 52.8 Å². The van der Waals surface area contributed by atoms with E-state index in [1.54, 1.807) is 36.6 Å². The lowest BCUT2D eigenvalue weighted by atomic mass is 9.97. The van der Waals surface area contributed by atoms with Crippen molar-refractivity contribution in [2.45, 2.75) is 13.8 Å². The van der Waals surface area contributed by atoms with Crippen LogP contribution in [0.2, 0.25) is 0 Å². The van der Waals surface area contributed by atoms with Gasteiger partial charge in [0.05, 0.1) is 6.21 Å². The number of carbonyl (C=O) groups excluding carboxylic acids is 2. The third-order valence-electron chi connectivity index (χ3n) is 7.03. The lowest BCUT2D eigenvalue weighted by Crippen LogP contribution is -2.32. The Kier molecular flexibility index (Phi) is 8.50. The summed E-state index contributed by atoms with van der Waals surface area (Å²) in [6, 6.07) is 35.0. The highest BCUT2D eigenvalue weighted by Crippen LogP contribution is 2.27. The number of hydrogen-bond acceptors (Lipinski definition) is 4. The van der Waals surface area contributed by atoms with Gasteiger partial charge in [0, 0.05) is 29.9 Å². The van der Waals surface area contributed by atoms with E-state index >= 15 is 0 Å². The molecule has 2 N–H and O–H groups in total. The monoisotopic (exact) mass is 540 g/mol. The van der Waals surface area contributed by atoms with Crippen molar-refractivity contribution in [3.63, 3.8) is 0 Å². The lowest BCUT2D eigenvalue weighted by Gasteiger charge is -2.21. The molecule has 6 nitrogen and oxygen atoms in total. The summed E-state index contributed by atoms with van der Waals surface area (Å²) in [5.74, 6) is -0.904. The zero-order valence-corrected chi connectivity index (χ0v) is 23.2. The molecule has 0 aliphatic rings. The highest BCUT2D eigenvalue weighted by molar-refractivity contribution is 6.13. The predicted molar refractivity (Wildman–Crippen MR) is 169 cm³/mol. The second kappa shape index (κ2) is 12.7. The molecule has 2 amide bonds. The van der Waals surface area contributed by atoms with Gasteiger partial charge in [0.15, 0.2) is 0 Å². The van der Waals surface area contributed by atoms with Gasteiger partial charge in [-0.1, -0.05) is 78.9 Å². The fourth-order valence-corrected chi connectivity index (χ4v) is 4.88. The number of fused-ring (bicyclic) bond motifs is 2. The van der Waals surface area contributed by atoms with Gasteiger partial charge in [0.2, 0.25) is 0 Å². The van der Waals surface area contributed by atoms with Gasteiger partial charge in [-0.15, -0.1) is 0 Å². The lowest BCUT2D eigenvalue weighted by molar-refractivity contribution is -0.117. The minimum atomic E-state index is -0.525. The number of amides is 2. The quantitative estimate of drug-likeness (QED) is 0.0939. The van der Waals surface area contributed by atoms with Crippen LogP contribution in [0.3, 0.4) is 0 Å². The SMILES string of the molecule is CCN(CC)c1ccc(C=C(NC(=O)c2ccccc2)C(=O)NN=Cc2c3ccccc3cc3ccccc23)cc1. The van der Waals surface area contributed by atoms with Crippen molar-refractivity contribution in [3.05, 3.63) is 132 Å². The molecule has 0 saturated heterocycles. The molecule has 0 atom stereocenters. The van der Waals surface area contributed by atoms with Crippen LogP contribution in [0, 0.1) is 0 Å². The topological polar surface area (TPSA) is 73.8 Å². The molecule has 5 aromatic rings. The van der Waals surface area contributed by atoms with Crippen molar-refractivity contribution in [1.82, 2.24) is 10.7 Å². The Hall–Kier alpha value is -5.23. The van der Waals surface area contributed by atoms with Gasteiger partial charge in [0.1, 0.15) is 5.70 Å². The highest BCUT2D eigenvalue weighted by atomic mass is 16.2. The first kappa shape index (κ1) is 27.3. The number of benzene rings is 5. The highest BCUT2D eigenvalue weighted by Gasteiger charge is 2.15. The van der Waals surface area contributed by atoms with Crippen LogP contribution in [0.25, 0.3) is 27.6 Å². The molecule has 0 bridgehead atoms. The Bertz CT molecular complexity index is 1680. The average molecular weight is 541 g/mol. The number of carbonyl (C=O) groups is 2. The number of nitrogens with zero attached hydrogens (tertiary/aromatic N) is 2. The molecule has 204 valence electrons. The van der Waals surface area contributed by atoms with Gasteiger partial charge < -0.3 is 10.2 Å². The molecule has 5 rings (SSSR count). The zero-order chi connectivity index (χ0) is 28.6. The summed E-state index contributed by atoms with van der Waals surface area (Å²) in [4.78, 5) is 28.6. The maximum atomic E-state index is 13.4. The van der Waals surface area contributed by atoms with E-state index in [9.17, 15) is 9.59 Å². The van der Waals surface area contributed by atoms with Crippen LogP contribution in [-0.2, 0) is 4.79 Å². The molecule has 0 radical (unpaired) electrons. The van der Waals surface area contributed by atoms with Gasteiger partial charge in [-0.3, -0.25) is 9.59 Å². The third-order valence-corrected chi connectivity index (χ3v) is 7.03. The largest absolute Gasteiger partial charge is 0.372 e. The van der Waals surface area contributed by atoms with Crippen molar-refractivity contribution in [2.24, 2.45) is 5.10 Å². The minimum absolute atomic E-state index is 0.0920. The van der Waals surface area contributed by atoms with E-state index in [1.807, 2.05) is 66.7 Å². The summed E-state index contributed by atoms with van der Waals surface area (Å²) in [6.45, 7) is 6.02. The van der Waals surface area contributed by atoms with Crippen LogP contribution < -0.4 is 15.6 Å². The zero-order valence-electron chi connectivity index (χ0n) is 23.2. The molecule has 0 aromatic heterocycles.